The third-order valence-corrected chi connectivity index (χ3v) is 8.78. The SMILES string of the molecule is Cc1ccc(C)c(N(CCCC(=O)N(Cc2ccc(Cl)cc2Cl)[C@H](C)C(=O)NC2CCCC2)S(C)(=O)=O)c1. The van der Waals surface area contributed by atoms with Crippen LogP contribution in [0.5, 0.6) is 0 Å². The highest BCUT2D eigenvalue weighted by atomic mass is 35.5. The van der Waals surface area contributed by atoms with Crippen LogP contribution in [-0.4, -0.2) is 50.0 Å². The van der Waals surface area contributed by atoms with Crippen LogP contribution in [0.1, 0.15) is 62.1 Å². The molecule has 0 aliphatic heterocycles. The van der Waals surface area contributed by atoms with Crippen molar-refractivity contribution in [2.75, 3.05) is 17.1 Å². The molecule has 10 heteroatoms. The smallest absolute Gasteiger partial charge is 0.242 e. The normalized spacial score (nSPS) is 14.8. The van der Waals surface area contributed by atoms with Gasteiger partial charge in [0.1, 0.15) is 6.04 Å². The molecular weight excluding hydrogens is 545 g/mol. The summed E-state index contributed by atoms with van der Waals surface area (Å²) in [5.41, 5.74) is 3.07. The molecule has 1 fully saturated rings. The molecule has 0 bridgehead atoms. The molecule has 1 aliphatic rings. The Balaban J connectivity index is 1.77. The molecule has 1 atom stereocenters. The summed E-state index contributed by atoms with van der Waals surface area (Å²) >= 11 is 12.4. The third-order valence-electron chi connectivity index (χ3n) is 7.01. The molecule has 3 rings (SSSR count). The second-order valence-electron chi connectivity index (χ2n) is 10.2. The van der Waals surface area contributed by atoms with Crippen molar-refractivity contribution in [2.45, 2.75) is 77.9 Å². The number of carbonyl (C=O) groups excluding carboxylic acids is 2. The Labute approximate surface area is 236 Å². The number of hydrogen-bond donors (Lipinski definition) is 1. The van der Waals surface area contributed by atoms with E-state index in [0.29, 0.717) is 27.7 Å². The Hall–Kier alpha value is -2.29. The van der Waals surface area contributed by atoms with Crippen molar-refractivity contribution in [3.05, 3.63) is 63.1 Å². The number of nitrogens with zero attached hydrogens (tertiary/aromatic N) is 2. The largest absolute Gasteiger partial charge is 0.352 e. The van der Waals surface area contributed by atoms with Gasteiger partial charge in [-0.1, -0.05) is 54.2 Å². The van der Waals surface area contributed by atoms with Crippen LogP contribution in [0.4, 0.5) is 5.69 Å². The minimum absolute atomic E-state index is 0.0726. The number of carbonyl (C=O) groups is 2. The summed E-state index contributed by atoms with van der Waals surface area (Å²) in [6.07, 6.45) is 5.58. The average molecular weight is 583 g/mol. The molecule has 2 aromatic carbocycles. The fraction of sp³-hybridized carbons (Fsp3) is 0.500. The van der Waals surface area contributed by atoms with E-state index in [2.05, 4.69) is 5.32 Å². The van der Waals surface area contributed by atoms with Gasteiger partial charge in [-0.05, 0) is 74.9 Å². The number of halogens is 2. The molecule has 0 radical (unpaired) electrons. The van der Waals surface area contributed by atoms with Crippen LogP contribution >= 0.6 is 23.2 Å². The molecule has 7 nitrogen and oxygen atoms in total. The van der Waals surface area contributed by atoms with Crippen molar-refractivity contribution in [3.8, 4) is 0 Å². The predicted octanol–water partition coefficient (Wildman–Crippen LogP) is 5.63. The monoisotopic (exact) mass is 581 g/mol. The molecule has 0 aromatic heterocycles. The van der Waals surface area contributed by atoms with Gasteiger partial charge in [-0.15, -0.1) is 0 Å². The highest BCUT2D eigenvalue weighted by Gasteiger charge is 2.29. The van der Waals surface area contributed by atoms with Gasteiger partial charge in [0.2, 0.25) is 21.8 Å². The van der Waals surface area contributed by atoms with E-state index in [0.717, 1.165) is 36.8 Å². The molecule has 0 heterocycles. The van der Waals surface area contributed by atoms with Crippen LogP contribution in [0.2, 0.25) is 10.0 Å². The standard InChI is InChI=1S/C28H37Cl2N3O4S/c1-19-11-12-20(2)26(16-19)33(38(4,36)37)15-7-10-27(34)32(18-22-13-14-23(29)17-25(22)30)21(3)28(35)31-24-8-5-6-9-24/h11-14,16-17,21,24H,5-10,15,18H2,1-4H3,(H,31,35)/t21-/m1/s1. The minimum Gasteiger partial charge on any atom is -0.352 e. The second kappa shape index (κ2) is 13.2. The van der Waals surface area contributed by atoms with Gasteiger partial charge in [-0.25, -0.2) is 8.42 Å². The summed E-state index contributed by atoms with van der Waals surface area (Å²) in [6.45, 7) is 5.77. The summed E-state index contributed by atoms with van der Waals surface area (Å²) in [5, 5.41) is 3.97. The number of rotatable bonds is 11. The number of anilines is 1. The van der Waals surface area contributed by atoms with Crippen molar-refractivity contribution in [2.24, 2.45) is 0 Å². The fourth-order valence-electron chi connectivity index (χ4n) is 4.78. The molecular formula is C28H37Cl2N3O4S. The van der Waals surface area contributed by atoms with Gasteiger partial charge in [0.05, 0.1) is 11.9 Å². The number of amides is 2. The Morgan fingerprint density at radius 2 is 1.76 bits per heavy atom. The number of sulfonamides is 1. The van der Waals surface area contributed by atoms with Crippen LogP contribution in [0, 0.1) is 13.8 Å². The highest BCUT2D eigenvalue weighted by molar-refractivity contribution is 7.92. The van der Waals surface area contributed by atoms with Gasteiger partial charge < -0.3 is 10.2 Å². The van der Waals surface area contributed by atoms with Crippen LogP contribution in [0.25, 0.3) is 0 Å². The van der Waals surface area contributed by atoms with E-state index in [1.807, 2.05) is 32.0 Å². The van der Waals surface area contributed by atoms with Crippen molar-refractivity contribution in [3.63, 3.8) is 0 Å². The Morgan fingerprint density at radius 3 is 2.39 bits per heavy atom. The number of nitrogens with one attached hydrogen (secondary N) is 1. The maximum Gasteiger partial charge on any atom is 0.242 e. The molecule has 2 amide bonds. The first-order valence-electron chi connectivity index (χ1n) is 13.0. The highest BCUT2D eigenvalue weighted by Crippen LogP contribution is 2.26. The van der Waals surface area contributed by atoms with Gasteiger partial charge >= 0.3 is 0 Å². The number of aryl methyl sites for hydroxylation is 2. The lowest BCUT2D eigenvalue weighted by molar-refractivity contribution is -0.140. The van der Waals surface area contributed by atoms with Gasteiger partial charge in [0.15, 0.2) is 0 Å². The summed E-state index contributed by atoms with van der Waals surface area (Å²) in [6, 6.07) is 10.1. The van der Waals surface area contributed by atoms with E-state index in [4.69, 9.17) is 23.2 Å². The molecule has 208 valence electrons. The van der Waals surface area contributed by atoms with Crippen molar-refractivity contribution < 1.29 is 18.0 Å². The lowest BCUT2D eigenvalue weighted by atomic mass is 10.1. The number of benzene rings is 2. The zero-order chi connectivity index (χ0) is 28.0. The summed E-state index contributed by atoms with van der Waals surface area (Å²) < 4.78 is 26.6. The van der Waals surface area contributed by atoms with Gasteiger partial charge in [-0.3, -0.25) is 13.9 Å². The Kier molecular flexibility index (Phi) is 10.5. The van der Waals surface area contributed by atoms with Gasteiger partial charge in [-0.2, -0.15) is 0 Å². The maximum atomic E-state index is 13.5. The lowest BCUT2D eigenvalue weighted by Gasteiger charge is -2.30. The molecule has 0 spiro atoms. The second-order valence-corrected chi connectivity index (χ2v) is 12.9. The lowest BCUT2D eigenvalue weighted by Crippen LogP contribution is -2.49. The van der Waals surface area contributed by atoms with Crippen LogP contribution in [0.3, 0.4) is 0 Å². The molecule has 1 N–H and O–H groups in total. The van der Waals surface area contributed by atoms with Crippen LogP contribution in [0.15, 0.2) is 36.4 Å². The summed E-state index contributed by atoms with van der Waals surface area (Å²) in [4.78, 5) is 28.1. The van der Waals surface area contributed by atoms with Crippen molar-refractivity contribution in [1.29, 1.82) is 0 Å². The summed E-state index contributed by atoms with van der Waals surface area (Å²) in [7, 11) is -3.56. The predicted molar refractivity (Wildman–Crippen MR) is 154 cm³/mol. The average Bonchev–Trinajstić information content (AvgIpc) is 3.35. The fourth-order valence-corrected chi connectivity index (χ4v) is 6.26. The third kappa shape index (κ3) is 8.10. The molecule has 2 aromatic rings. The van der Waals surface area contributed by atoms with E-state index in [9.17, 15) is 18.0 Å². The first-order chi connectivity index (χ1) is 17.9. The first kappa shape index (κ1) is 30.3. The first-order valence-corrected chi connectivity index (χ1v) is 15.6. The zero-order valence-electron chi connectivity index (χ0n) is 22.5. The molecule has 38 heavy (non-hydrogen) atoms. The number of hydrogen-bond acceptors (Lipinski definition) is 4. The molecule has 0 saturated heterocycles. The van der Waals surface area contributed by atoms with E-state index in [1.165, 1.54) is 15.5 Å². The maximum absolute atomic E-state index is 13.5. The van der Waals surface area contributed by atoms with Gasteiger partial charge in [0.25, 0.3) is 0 Å². The Bertz CT molecular complexity index is 1260. The van der Waals surface area contributed by atoms with Gasteiger partial charge in [0, 0.05) is 35.6 Å². The summed E-state index contributed by atoms with van der Waals surface area (Å²) in [5.74, 6) is -0.456. The topological polar surface area (TPSA) is 86.8 Å². The van der Waals surface area contributed by atoms with Crippen LogP contribution in [-0.2, 0) is 26.2 Å². The molecule has 0 unspecified atom stereocenters. The molecule has 1 aliphatic carbocycles. The molecule has 1 saturated carbocycles. The van der Waals surface area contributed by atoms with E-state index in [-0.39, 0.29) is 37.4 Å². The van der Waals surface area contributed by atoms with Crippen molar-refractivity contribution >= 4 is 50.7 Å². The van der Waals surface area contributed by atoms with E-state index < -0.39 is 16.1 Å². The van der Waals surface area contributed by atoms with E-state index in [1.54, 1.807) is 25.1 Å². The quantitative estimate of drug-likeness (QED) is 0.372. The van der Waals surface area contributed by atoms with Crippen LogP contribution < -0.4 is 9.62 Å². The zero-order valence-corrected chi connectivity index (χ0v) is 24.8. The minimum atomic E-state index is -3.56. The van der Waals surface area contributed by atoms with Crippen molar-refractivity contribution in [1.82, 2.24) is 10.2 Å². The Morgan fingerprint density at radius 1 is 1.08 bits per heavy atom. The van der Waals surface area contributed by atoms with E-state index >= 15 is 0 Å².